The van der Waals surface area contributed by atoms with Gasteiger partial charge in [-0.1, -0.05) is 0 Å². The number of nitrogens with one attached hydrogen (secondary N) is 3. The lowest BCUT2D eigenvalue weighted by Crippen LogP contribution is -2.32. The highest BCUT2D eigenvalue weighted by molar-refractivity contribution is 6.21. The summed E-state index contributed by atoms with van der Waals surface area (Å²) in [6, 6.07) is 3.40. The van der Waals surface area contributed by atoms with Crippen LogP contribution in [0.25, 0.3) is 0 Å². The fourth-order valence-corrected chi connectivity index (χ4v) is 2.21. The van der Waals surface area contributed by atoms with Gasteiger partial charge in [-0.25, -0.2) is 4.79 Å². The second-order valence-electron chi connectivity index (χ2n) is 5.78. The van der Waals surface area contributed by atoms with Gasteiger partial charge in [0.25, 0.3) is 17.0 Å². The van der Waals surface area contributed by atoms with Crippen LogP contribution in [0.2, 0.25) is 0 Å². The number of amides is 1. The average Bonchev–Trinajstić information content (AvgIpc) is 2.66. The van der Waals surface area contributed by atoms with E-state index in [1.807, 2.05) is 4.98 Å². The summed E-state index contributed by atoms with van der Waals surface area (Å²) in [4.78, 5) is 47.7. The Balaban J connectivity index is 0.000000330. The molecule has 0 unspecified atom stereocenters. The van der Waals surface area contributed by atoms with Gasteiger partial charge in [0, 0.05) is 13.7 Å². The van der Waals surface area contributed by atoms with E-state index in [1.165, 1.54) is 7.11 Å². The number of carboxylic acids is 1. The normalized spacial score (nSPS) is 11.3. The van der Waals surface area contributed by atoms with Gasteiger partial charge < -0.3 is 25.1 Å². The molecule has 1 amide bonds. The number of halogens is 6. The summed E-state index contributed by atoms with van der Waals surface area (Å²) in [6.07, 6.45) is 0. The molecule has 0 radical (unpaired) electrons. The number of hydrogen-bond acceptors (Lipinski definition) is 5. The average molecular weight is 504 g/mol. The first kappa shape index (κ1) is 27.1. The maximum atomic E-state index is 12.7. The number of H-pyrrole nitrogens is 2. The van der Waals surface area contributed by atoms with Crippen LogP contribution in [0.3, 0.4) is 0 Å². The second kappa shape index (κ2) is 11.1. The zero-order valence-corrected chi connectivity index (χ0v) is 17.5. The fourth-order valence-electron chi connectivity index (χ4n) is 1.99. The maximum absolute atomic E-state index is 12.7. The SMILES string of the molecule is COCCNC(=O)c1ccc(C(F)(F)Cl)[nH]c1=O.O=C(O)c1ccc(C(F)(F)Cl)[nH]c1=O. The topological polar surface area (TPSA) is 141 Å². The predicted octanol–water partition coefficient (Wildman–Crippen LogP) is 2.40. The summed E-state index contributed by atoms with van der Waals surface area (Å²) >= 11 is 9.36. The van der Waals surface area contributed by atoms with E-state index >= 15 is 0 Å². The van der Waals surface area contributed by atoms with Gasteiger partial charge in [-0.05, 0) is 47.5 Å². The van der Waals surface area contributed by atoms with Gasteiger partial charge in [0.05, 0.1) is 6.61 Å². The number of carbonyl (C=O) groups is 2. The molecule has 2 aromatic rings. The van der Waals surface area contributed by atoms with Crippen molar-refractivity contribution in [2.45, 2.75) is 10.8 Å². The van der Waals surface area contributed by atoms with E-state index in [0.717, 1.165) is 24.3 Å². The molecule has 0 atom stereocenters. The molecular formula is C17H15Cl2F4N3O6. The highest BCUT2D eigenvalue weighted by atomic mass is 35.5. The highest BCUT2D eigenvalue weighted by Gasteiger charge is 2.30. The lowest BCUT2D eigenvalue weighted by molar-refractivity contribution is 0.0690. The number of aromatic nitrogens is 2. The molecule has 0 aliphatic carbocycles. The summed E-state index contributed by atoms with van der Waals surface area (Å²) < 4.78 is 54.9. The lowest BCUT2D eigenvalue weighted by Gasteiger charge is -2.08. The van der Waals surface area contributed by atoms with Gasteiger partial charge in [0.2, 0.25) is 0 Å². The number of aromatic amines is 2. The van der Waals surface area contributed by atoms with E-state index < -0.39 is 50.7 Å². The zero-order valence-electron chi connectivity index (χ0n) is 16.0. The molecular weight excluding hydrogens is 489 g/mol. The Morgan fingerprint density at radius 3 is 1.75 bits per heavy atom. The van der Waals surface area contributed by atoms with Gasteiger partial charge in [-0.2, -0.15) is 17.6 Å². The molecule has 15 heteroatoms. The largest absolute Gasteiger partial charge is 0.477 e. The second-order valence-corrected chi connectivity index (χ2v) is 6.73. The first-order valence-corrected chi connectivity index (χ1v) is 9.05. The summed E-state index contributed by atoms with van der Waals surface area (Å²) in [5.74, 6) is -2.16. The van der Waals surface area contributed by atoms with Crippen molar-refractivity contribution in [1.29, 1.82) is 0 Å². The number of carboxylic acid groups (broad SMARTS) is 1. The number of rotatable bonds is 7. The van der Waals surface area contributed by atoms with Crippen LogP contribution in [0.15, 0.2) is 33.9 Å². The number of carbonyl (C=O) groups excluding carboxylic acids is 1. The van der Waals surface area contributed by atoms with Crippen LogP contribution < -0.4 is 16.4 Å². The van der Waals surface area contributed by atoms with Gasteiger partial charge in [-0.15, -0.1) is 0 Å². The van der Waals surface area contributed by atoms with Crippen molar-refractivity contribution in [3.8, 4) is 0 Å². The molecule has 9 nitrogen and oxygen atoms in total. The van der Waals surface area contributed by atoms with Crippen molar-refractivity contribution >= 4 is 35.1 Å². The van der Waals surface area contributed by atoms with E-state index in [1.54, 1.807) is 4.98 Å². The third kappa shape index (κ3) is 7.98. The van der Waals surface area contributed by atoms with Crippen molar-refractivity contribution in [2.75, 3.05) is 20.3 Å². The van der Waals surface area contributed by atoms with E-state index in [2.05, 4.69) is 16.9 Å². The molecule has 176 valence electrons. The van der Waals surface area contributed by atoms with E-state index in [0.29, 0.717) is 0 Å². The smallest absolute Gasteiger partial charge is 0.362 e. The third-order valence-electron chi connectivity index (χ3n) is 3.50. The number of methoxy groups -OCH3 is 1. The maximum Gasteiger partial charge on any atom is 0.362 e. The van der Waals surface area contributed by atoms with Crippen molar-refractivity contribution in [3.05, 3.63) is 67.5 Å². The van der Waals surface area contributed by atoms with Crippen LogP contribution in [-0.4, -0.2) is 47.2 Å². The summed E-state index contributed by atoms with van der Waals surface area (Å²) in [5, 5.41) is 3.42. The molecule has 0 bridgehead atoms. The van der Waals surface area contributed by atoms with Crippen LogP contribution >= 0.6 is 23.2 Å². The van der Waals surface area contributed by atoms with Crippen molar-refractivity contribution in [3.63, 3.8) is 0 Å². The number of hydrogen-bond donors (Lipinski definition) is 4. The van der Waals surface area contributed by atoms with E-state index in [9.17, 15) is 36.7 Å². The monoisotopic (exact) mass is 503 g/mol. The summed E-state index contributed by atoms with van der Waals surface area (Å²) in [5.41, 5.74) is -4.53. The van der Waals surface area contributed by atoms with Crippen molar-refractivity contribution in [1.82, 2.24) is 15.3 Å². The molecule has 4 N–H and O–H groups in total. The van der Waals surface area contributed by atoms with Gasteiger partial charge in [0.1, 0.15) is 22.5 Å². The van der Waals surface area contributed by atoms with Crippen LogP contribution in [0.1, 0.15) is 32.1 Å². The van der Waals surface area contributed by atoms with Crippen LogP contribution in [0, 0.1) is 0 Å². The number of ether oxygens (including phenoxy) is 1. The Labute approximate surface area is 186 Å². The lowest BCUT2D eigenvalue weighted by atomic mass is 10.2. The Kier molecular flexibility index (Phi) is 9.42. The van der Waals surface area contributed by atoms with Gasteiger partial charge in [-0.3, -0.25) is 14.4 Å². The minimum Gasteiger partial charge on any atom is -0.477 e. The van der Waals surface area contributed by atoms with Crippen molar-refractivity contribution in [2.24, 2.45) is 0 Å². The molecule has 0 spiro atoms. The predicted molar refractivity (Wildman–Crippen MR) is 105 cm³/mol. The van der Waals surface area contributed by atoms with E-state index in [-0.39, 0.29) is 18.7 Å². The highest BCUT2D eigenvalue weighted by Crippen LogP contribution is 2.30. The molecule has 0 saturated carbocycles. The zero-order chi connectivity index (χ0) is 24.7. The first-order chi connectivity index (χ1) is 14.7. The molecule has 2 aromatic heterocycles. The molecule has 2 rings (SSSR count). The minimum absolute atomic E-state index is 0.211. The Hall–Kier alpha value is -2.90. The summed E-state index contributed by atoms with van der Waals surface area (Å²) in [7, 11) is 1.45. The molecule has 0 fully saturated rings. The van der Waals surface area contributed by atoms with Crippen LogP contribution in [-0.2, 0) is 15.5 Å². The van der Waals surface area contributed by atoms with Crippen LogP contribution in [0.4, 0.5) is 17.6 Å². The standard InChI is InChI=1S/C10H11ClF2N2O3.C7H4ClF2NO3/c1-18-5-4-14-8(16)6-2-3-7(10(11,12)13)15-9(6)17;8-7(9,10)4-2-1-3(6(13)14)5(12)11-4/h2-3H,4-5H2,1H3,(H,14,16)(H,15,17);1-2H,(H,11,12)(H,13,14). The minimum atomic E-state index is -3.71. The fraction of sp³-hybridized carbons (Fsp3) is 0.294. The molecule has 0 aromatic carbocycles. The molecule has 0 aliphatic rings. The Bertz CT molecular complexity index is 1080. The third-order valence-corrected chi connectivity index (χ3v) is 3.90. The Morgan fingerprint density at radius 2 is 1.41 bits per heavy atom. The molecule has 0 saturated heterocycles. The quantitative estimate of drug-likeness (QED) is 0.259. The molecule has 32 heavy (non-hydrogen) atoms. The number of pyridine rings is 2. The Morgan fingerprint density at radius 1 is 0.969 bits per heavy atom. The van der Waals surface area contributed by atoms with Gasteiger partial charge >= 0.3 is 16.7 Å². The number of alkyl halides is 6. The summed E-state index contributed by atoms with van der Waals surface area (Å²) in [6.45, 7) is 0.490. The molecule has 0 aliphatic heterocycles. The van der Waals surface area contributed by atoms with E-state index in [4.69, 9.17) is 21.4 Å². The van der Waals surface area contributed by atoms with Crippen LogP contribution in [0.5, 0.6) is 0 Å². The first-order valence-electron chi connectivity index (χ1n) is 8.30. The molecule has 2 heterocycles. The van der Waals surface area contributed by atoms with Crippen molar-refractivity contribution < 1.29 is 37.0 Å². The number of aromatic carboxylic acids is 1. The van der Waals surface area contributed by atoms with Gasteiger partial charge in [0.15, 0.2) is 0 Å².